The summed E-state index contributed by atoms with van der Waals surface area (Å²) in [4.78, 5) is 17.2. The standard InChI is InChI=1S/C25H28ClN4O4S2/c1-27-8-9-28(2)24(27)18-5-7-20(21(14-18)34-3)25(31)29-10-12-30(13-11-29)36(32,33)23-15-17-4-6-19(26)16-22(17)35-23/h4-7,14-16H,8-13H2,1-3H3/q+1. The summed E-state index contributed by atoms with van der Waals surface area (Å²) in [5.41, 5.74) is 1.47. The number of hydrogen-bond acceptors (Lipinski definition) is 6. The molecule has 3 heterocycles. The van der Waals surface area contributed by atoms with Gasteiger partial charge in [0.15, 0.2) is 0 Å². The fourth-order valence-corrected chi connectivity index (χ4v) is 8.04. The first-order chi connectivity index (χ1) is 17.2. The number of hydrogen-bond donors (Lipinski definition) is 0. The zero-order valence-corrected chi connectivity index (χ0v) is 22.8. The first kappa shape index (κ1) is 25.0. The van der Waals surface area contributed by atoms with Gasteiger partial charge in [0.2, 0.25) is 0 Å². The predicted molar refractivity (Wildman–Crippen MR) is 142 cm³/mol. The summed E-state index contributed by atoms with van der Waals surface area (Å²) in [5, 5.41) is 1.42. The van der Waals surface area contributed by atoms with E-state index in [1.807, 2.05) is 32.3 Å². The van der Waals surface area contributed by atoms with Gasteiger partial charge < -0.3 is 9.64 Å². The number of methoxy groups -OCH3 is 1. The number of amides is 1. The van der Waals surface area contributed by atoms with Crippen LogP contribution in [0.3, 0.4) is 0 Å². The zero-order chi connectivity index (χ0) is 25.6. The summed E-state index contributed by atoms with van der Waals surface area (Å²) in [5.74, 6) is 1.44. The Morgan fingerprint density at radius 1 is 1.06 bits per heavy atom. The number of ether oxygens (including phenoxy) is 1. The number of carbonyl (C=O) groups is 1. The molecule has 1 aromatic heterocycles. The fraction of sp³-hybridized carbons (Fsp3) is 0.360. The highest BCUT2D eigenvalue weighted by Crippen LogP contribution is 2.33. The van der Waals surface area contributed by atoms with Gasteiger partial charge >= 0.3 is 0 Å². The van der Waals surface area contributed by atoms with E-state index in [0.29, 0.717) is 29.4 Å². The third-order valence-electron chi connectivity index (χ3n) is 6.76. The van der Waals surface area contributed by atoms with Crippen LogP contribution < -0.4 is 4.74 Å². The van der Waals surface area contributed by atoms with E-state index in [0.717, 1.165) is 34.6 Å². The van der Waals surface area contributed by atoms with Crippen molar-refractivity contribution in [3.8, 4) is 5.75 Å². The lowest BCUT2D eigenvalue weighted by Crippen LogP contribution is -2.50. The minimum absolute atomic E-state index is 0.162. The number of rotatable bonds is 5. The van der Waals surface area contributed by atoms with Crippen molar-refractivity contribution in [2.75, 3.05) is 60.5 Å². The number of thiophene rings is 1. The second-order valence-corrected chi connectivity index (χ2v) is 12.7. The van der Waals surface area contributed by atoms with Crippen LogP contribution in [0.25, 0.3) is 10.1 Å². The van der Waals surface area contributed by atoms with E-state index in [4.69, 9.17) is 16.3 Å². The van der Waals surface area contributed by atoms with Crippen molar-refractivity contribution in [2.24, 2.45) is 0 Å². The maximum Gasteiger partial charge on any atom is 0.279 e. The molecule has 5 rings (SSSR count). The fourth-order valence-electron chi connectivity index (χ4n) is 4.79. The number of piperazine rings is 1. The number of likely N-dealkylation sites (N-methyl/N-ethyl adjacent to an activating group) is 2. The first-order valence-corrected chi connectivity index (χ1v) is 14.3. The highest BCUT2D eigenvalue weighted by atomic mass is 35.5. The van der Waals surface area contributed by atoms with Crippen LogP contribution in [0.15, 0.2) is 46.7 Å². The predicted octanol–water partition coefficient (Wildman–Crippen LogP) is 3.04. The van der Waals surface area contributed by atoms with E-state index < -0.39 is 10.0 Å². The molecule has 0 unspecified atom stereocenters. The quantitative estimate of drug-likeness (QED) is 0.459. The van der Waals surface area contributed by atoms with Crippen molar-refractivity contribution < 1.29 is 22.5 Å². The monoisotopic (exact) mass is 547 g/mol. The van der Waals surface area contributed by atoms with Gasteiger partial charge in [-0.25, -0.2) is 8.42 Å². The molecule has 1 fully saturated rings. The molecule has 0 saturated carbocycles. The van der Waals surface area contributed by atoms with E-state index >= 15 is 0 Å². The van der Waals surface area contributed by atoms with E-state index in [1.54, 1.807) is 36.3 Å². The lowest BCUT2D eigenvalue weighted by molar-refractivity contribution is -0.486. The molecular formula is C25H28ClN4O4S2+. The van der Waals surface area contributed by atoms with Gasteiger partial charge in [0.05, 0.1) is 32.3 Å². The Kier molecular flexibility index (Phi) is 6.71. The summed E-state index contributed by atoms with van der Waals surface area (Å²) >= 11 is 7.27. The number of amidine groups is 1. The number of nitrogens with zero attached hydrogens (tertiary/aromatic N) is 4. The molecule has 1 saturated heterocycles. The summed E-state index contributed by atoms with van der Waals surface area (Å²) in [6.45, 7) is 2.97. The average Bonchev–Trinajstić information content (AvgIpc) is 3.46. The van der Waals surface area contributed by atoms with Gasteiger partial charge in [0, 0.05) is 35.9 Å². The van der Waals surface area contributed by atoms with Gasteiger partial charge in [0.25, 0.3) is 21.8 Å². The lowest BCUT2D eigenvalue weighted by atomic mass is 10.1. The van der Waals surface area contributed by atoms with Crippen LogP contribution >= 0.6 is 22.9 Å². The number of halogens is 1. The number of carbonyl (C=O) groups excluding carboxylic acids is 1. The number of sulfonamides is 1. The molecule has 0 aliphatic carbocycles. The average molecular weight is 548 g/mol. The second kappa shape index (κ2) is 9.66. The van der Waals surface area contributed by atoms with E-state index in [9.17, 15) is 13.2 Å². The molecule has 3 aromatic rings. The highest BCUT2D eigenvalue weighted by molar-refractivity contribution is 7.91. The molecule has 11 heteroatoms. The molecule has 0 atom stereocenters. The van der Waals surface area contributed by atoms with E-state index in [2.05, 4.69) is 9.48 Å². The molecule has 2 aromatic carbocycles. The van der Waals surface area contributed by atoms with Gasteiger partial charge in [0.1, 0.15) is 23.0 Å². The molecule has 2 aliphatic heterocycles. The minimum atomic E-state index is -3.65. The van der Waals surface area contributed by atoms with E-state index in [-0.39, 0.29) is 23.2 Å². The smallest absolute Gasteiger partial charge is 0.279 e. The maximum absolute atomic E-state index is 13.4. The molecule has 1 amide bonds. The number of benzene rings is 2. The van der Waals surface area contributed by atoms with Crippen molar-refractivity contribution in [1.29, 1.82) is 0 Å². The Morgan fingerprint density at radius 3 is 2.47 bits per heavy atom. The van der Waals surface area contributed by atoms with Crippen molar-refractivity contribution in [3.63, 3.8) is 0 Å². The van der Waals surface area contributed by atoms with Crippen molar-refractivity contribution in [2.45, 2.75) is 4.21 Å². The zero-order valence-electron chi connectivity index (χ0n) is 20.4. The number of fused-ring (bicyclic) bond motifs is 1. The largest absolute Gasteiger partial charge is 0.496 e. The van der Waals surface area contributed by atoms with Gasteiger partial charge in [-0.15, -0.1) is 11.3 Å². The van der Waals surface area contributed by atoms with Crippen LogP contribution in [0.5, 0.6) is 5.75 Å². The minimum Gasteiger partial charge on any atom is -0.496 e. The van der Waals surface area contributed by atoms with Crippen molar-refractivity contribution in [1.82, 2.24) is 14.1 Å². The van der Waals surface area contributed by atoms with Crippen LogP contribution in [0.1, 0.15) is 15.9 Å². The normalized spacial score (nSPS) is 17.3. The highest BCUT2D eigenvalue weighted by Gasteiger charge is 2.33. The Labute approximate surface area is 220 Å². The molecule has 0 N–H and O–H groups in total. The molecule has 190 valence electrons. The molecule has 8 nitrogen and oxygen atoms in total. The van der Waals surface area contributed by atoms with Crippen LogP contribution in [0.4, 0.5) is 0 Å². The van der Waals surface area contributed by atoms with Crippen molar-refractivity contribution in [3.05, 3.63) is 58.6 Å². The molecule has 0 spiro atoms. The Bertz CT molecular complexity index is 1480. The van der Waals surface area contributed by atoms with Crippen LogP contribution in [-0.2, 0) is 10.0 Å². The second-order valence-electron chi connectivity index (χ2n) is 9.03. The molecular weight excluding hydrogens is 520 g/mol. The molecule has 0 bridgehead atoms. The lowest BCUT2D eigenvalue weighted by Gasteiger charge is -2.34. The summed E-state index contributed by atoms with van der Waals surface area (Å²) in [6.07, 6.45) is 0. The van der Waals surface area contributed by atoms with Gasteiger partial charge in [-0.05, 0) is 41.8 Å². The SMILES string of the molecule is COc1cc(C2=[N+](C)CCN2C)ccc1C(=O)N1CCN(S(=O)(=O)c2cc3ccc(Cl)cc3s2)CC1. The third-order valence-corrected chi connectivity index (χ3v) is 10.4. The van der Waals surface area contributed by atoms with Crippen molar-refractivity contribution >= 4 is 54.8 Å². The van der Waals surface area contributed by atoms with Gasteiger partial charge in [-0.1, -0.05) is 17.7 Å². The van der Waals surface area contributed by atoms with Gasteiger partial charge in [-0.3, -0.25) is 14.3 Å². The topological polar surface area (TPSA) is 73.2 Å². The summed E-state index contributed by atoms with van der Waals surface area (Å²) in [7, 11) is 2.00. The summed E-state index contributed by atoms with van der Waals surface area (Å²) < 4.78 is 36.9. The molecule has 0 radical (unpaired) electrons. The maximum atomic E-state index is 13.4. The van der Waals surface area contributed by atoms with Crippen LogP contribution in [-0.4, -0.2) is 99.3 Å². The Balaban J connectivity index is 1.31. The van der Waals surface area contributed by atoms with Gasteiger partial charge in [-0.2, -0.15) is 4.31 Å². The summed E-state index contributed by atoms with van der Waals surface area (Å²) in [6, 6.07) is 12.7. The Hall–Kier alpha value is -2.66. The van der Waals surface area contributed by atoms with Crippen LogP contribution in [0, 0.1) is 0 Å². The Morgan fingerprint density at radius 2 is 1.81 bits per heavy atom. The molecule has 36 heavy (non-hydrogen) atoms. The van der Waals surface area contributed by atoms with E-state index in [1.165, 1.54) is 15.6 Å². The molecule has 2 aliphatic rings. The van der Waals surface area contributed by atoms with Crippen LogP contribution in [0.2, 0.25) is 5.02 Å². The third kappa shape index (κ3) is 4.47. The first-order valence-electron chi connectivity index (χ1n) is 11.6.